The highest BCUT2D eigenvalue weighted by Crippen LogP contribution is 2.33. The summed E-state index contributed by atoms with van der Waals surface area (Å²) in [6.07, 6.45) is 4.89. The fraction of sp³-hybridized carbons (Fsp3) is 0.379. The molecule has 2 saturated heterocycles. The van der Waals surface area contributed by atoms with Gasteiger partial charge in [-0.25, -0.2) is 4.98 Å². The molecule has 210 valence electrons. The van der Waals surface area contributed by atoms with E-state index in [-0.39, 0.29) is 11.5 Å². The summed E-state index contributed by atoms with van der Waals surface area (Å²) in [5.41, 5.74) is 2.69. The fourth-order valence-corrected chi connectivity index (χ4v) is 6.06. The monoisotopic (exact) mass is 579 g/mol. The normalized spacial score (nSPS) is 17.2. The van der Waals surface area contributed by atoms with E-state index in [1.54, 1.807) is 24.3 Å². The second kappa shape index (κ2) is 12.9. The summed E-state index contributed by atoms with van der Waals surface area (Å²) in [5.74, 6) is 1.06. The zero-order chi connectivity index (χ0) is 28.1. The van der Waals surface area contributed by atoms with Gasteiger partial charge < -0.3 is 14.8 Å². The number of rotatable bonds is 10. The number of amides is 1. The van der Waals surface area contributed by atoms with Crippen LogP contribution < -0.4 is 15.6 Å². The first kappa shape index (κ1) is 28.3. The highest BCUT2D eigenvalue weighted by molar-refractivity contribution is 8.26. The Kier molecular flexibility index (Phi) is 9.15. The minimum atomic E-state index is -0.229. The molecule has 0 bridgehead atoms. The highest BCUT2D eigenvalue weighted by Gasteiger charge is 2.32. The molecule has 0 radical (unpaired) electrons. The van der Waals surface area contributed by atoms with E-state index in [0.717, 1.165) is 56.1 Å². The predicted molar refractivity (Wildman–Crippen MR) is 163 cm³/mol. The second-order valence-corrected chi connectivity index (χ2v) is 11.4. The Bertz CT molecular complexity index is 1480. The van der Waals surface area contributed by atoms with E-state index in [1.165, 1.54) is 16.2 Å². The number of hydrogen-bond acceptors (Lipinski definition) is 9. The summed E-state index contributed by atoms with van der Waals surface area (Å²) in [4.78, 5) is 36.2. The van der Waals surface area contributed by atoms with E-state index in [4.69, 9.17) is 26.7 Å². The molecule has 3 aromatic rings. The first-order chi connectivity index (χ1) is 19.4. The van der Waals surface area contributed by atoms with Crippen LogP contribution in [-0.4, -0.2) is 82.5 Å². The van der Waals surface area contributed by atoms with Crippen molar-refractivity contribution in [2.45, 2.75) is 19.8 Å². The Morgan fingerprint density at radius 2 is 1.93 bits per heavy atom. The van der Waals surface area contributed by atoms with Gasteiger partial charge in [0.2, 0.25) is 0 Å². The summed E-state index contributed by atoms with van der Waals surface area (Å²) < 4.78 is 12.7. The summed E-state index contributed by atoms with van der Waals surface area (Å²) in [7, 11) is 1.63. The number of nitrogens with zero attached hydrogens (tertiary/aromatic N) is 4. The van der Waals surface area contributed by atoms with Crippen LogP contribution in [0, 0.1) is 6.92 Å². The zero-order valence-corrected chi connectivity index (χ0v) is 24.4. The third-order valence-electron chi connectivity index (χ3n) is 7.06. The molecule has 9 nitrogen and oxygen atoms in total. The molecular formula is C29H33N5O4S2. The van der Waals surface area contributed by atoms with Crippen molar-refractivity contribution in [1.82, 2.24) is 19.2 Å². The maximum Gasteiger partial charge on any atom is 0.267 e. The standard InChI is InChI=1S/C29H33N5O4S2/c1-20-5-3-13-33-26(20)31-25(30-11-4-12-32-15-17-38-18-16-32)23(27(33)35)19-24-28(36)34(29(39)40-24)14-10-21-6-8-22(37-2)9-7-21/h3,5-9,13,19,30H,4,10-12,14-18H2,1-2H3/b24-19-. The Morgan fingerprint density at radius 1 is 1.15 bits per heavy atom. The van der Waals surface area contributed by atoms with Crippen LogP contribution in [0.15, 0.2) is 52.3 Å². The number of benzene rings is 1. The molecule has 2 fully saturated rings. The number of thiocarbonyl (C=S) groups is 1. The molecule has 2 aliphatic heterocycles. The number of ether oxygens (including phenoxy) is 2. The number of methoxy groups -OCH3 is 1. The van der Waals surface area contributed by atoms with Crippen molar-refractivity contribution < 1.29 is 14.3 Å². The average molecular weight is 580 g/mol. The van der Waals surface area contributed by atoms with Gasteiger partial charge in [0.05, 0.1) is 30.8 Å². The Labute approximate surface area is 243 Å². The van der Waals surface area contributed by atoms with Crippen LogP contribution in [0.4, 0.5) is 5.82 Å². The van der Waals surface area contributed by atoms with Gasteiger partial charge in [0.15, 0.2) is 0 Å². The number of morpholine rings is 1. The van der Waals surface area contributed by atoms with Crippen LogP contribution in [0.3, 0.4) is 0 Å². The van der Waals surface area contributed by atoms with E-state index in [2.05, 4.69) is 10.2 Å². The number of pyridine rings is 1. The van der Waals surface area contributed by atoms with Gasteiger partial charge in [0.25, 0.3) is 11.5 Å². The molecule has 1 amide bonds. The van der Waals surface area contributed by atoms with Gasteiger partial charge >= 0.3 is 0 Å². The molecule has 2 aliphatic rings. The summed E-state index contributed by atoms with van der Waals surface area (Å²) in [6, 6.07) is 11.5. The maximum absolute atomic E-state index is 13.6. The number of fused-ring (bicyclic) bond motifs is 1. The lowest BCUT2D eigenvalue weighted by atomic mass is 10.1. The van der Waals surface area contributed by atoms with E-state index in [1.807, 2.05) is 43.3 Å². The molecule has 1 N–H and O–H groups in total. The zero-order valence-electron chi connectivity index (χ0n) is 22.7. The lowest BCUT2D eigenvalue weighted by Gasteiger charge is -2.26. The molecule has 4 heterocycles. The Hall–Kier alpha value is -3.25. The third kappa shape index (κ3) is 6.38. The van der Waals surface area contributed by atoms with E-state index >= 15 is 0 Å². The molecule has 0 atom stereocenters. The molecule has 5 rings (SSSR count). The number of aromatic nitrogens is 2. The van der Waals surface area contributed by atoms with Crippen LogP contribution in [0.1, 0.15) is 23.1 Å². The van der Waals surface area contributed by atoms with Crippen LogP contribution in [0.2, 0.25) is 0 Å². The van der Waals surface area contributed by atoms with Gasteiger partial charge in [0.1, 0.15) is 21.5 Å². The largest absolute Gasteiger partial charge is 0.497 e. The molecule has 0 aliphatic carbocycles. The molecular weight excluding hydrogens is 546 g/mol. The Balaban J connectivity index is 1.36. The first-order valence-corrected chi connectivity index (χ1v) is 14.6. The molecule has 0 saturated carbocycles. The van der Waals surface area contributed by atoms with Crippen molar-refractivity contribution in [2.75, 3.05) is 58.4 Å². The van der Waals surface area contributed by atoms with Gasteiger partial charge in [-0.2, -0.15) is 0 Å². The predicted octanol–water partition coefficient (Wildman–Crippen LogP) is 3.59. The molecule has 0 unspecified atom stereocenters. The molecule has 2 aromatic heterocycles. The third-order valence-corrected chi connectivity index (χ3v) is 8.44. The summed E-state index contributed by atoms with van der Waals surface area (Å²) in [6.45, 7) is 7.35. The van der Waals surface area contributed by atoms with Crippen LogP contribution >= 0.6 is 24.0 Å². The van der Waals surface area contributed by atoms with Gasteiger partial charge in [-0.15, -0.1) is 0 Å². The van der Waals surface area contributed by atoms with Gasteiger partial charge in [-0.05, 0) is 61.7 Å². The van der Waals surface area contributed by atoms with Gasteiger partial charge in [-0.3, -0.25) is 23.8 Å². The summed E-state index contributed by atoms with van der Waals surface area (Å²) >= 11 is 6.77. The minimum absolute atomic E-state index is 0.199. The number of hydrogen-bond donors (Lipinski definition) is 1. The number of carbonyl (C=O) groups is 1. The minimum Gasteiger partial charge on any atom is -0.497 e. The Morgan fingerprint density at radius 3 is 2.67 bits per heavy atom. The quantitative estimate of drug-likeness (QED) is 0.220. The SMILES string of the molecule is COc1ccc(CCN2C(=O)/C(=C/c3c(NCCCN4CCOCC4)nc4c(C)cccn4c3=O)SC2=S)cc1. The van der Waals surface area contributed by atoms with Crippen molar-refractivity contribution in [1.29, 1.82) is 0 Å². The number of nitrogens with one attached hydrogen (secondary N) is 1. The van der Waals surface area contributed by atoms with Crippen molar-refractivity contribution in [3.63, 3.8) is 0 Å². The van der Waals surface area contributed by atoms with E-state index in [0.29, 0.717) is 45.8 Å². The van der Waals surface area contributed by atoms with Crippen LogP contribution in [-0.2, 0) is 16.0 Å². The highest BCUT2D eigenvalue weighted by atomic mass is 32.2. The number of aryl methyl sites for hydroxylation is 1. The molecule has 40 heavy (non-hydrogen) atoms. The first-order valence-electron chi connectivity index (χ1n) is 13.4. The van der Waals surface area contributed by atoms with Crippen molar-refractivity contribution in [3.8, 4) is 5.75 Å². The number of anilines is 1. The maximum atomic E-state index is 13.6. The molecule has 0 spiro atoms. The molecule has 11 heteroatoms. The van der Waals surface area contributed by atoms with Crippen LogP contribution in [0.25, 0.3) is 11.7 Å². The van der Waals surface area contributed by atoms with Crippen LogP contribution in [0.5, 0.6) is 5.75 Å². The van der Waals surface area contributed by atoms with E-state index < -0.39 is 0 Å². The molecule has 1 aromatic carbocycles. The van der Waals surface area contributed by atoms with Gasteiger partial charge in [-0.1, -0.05) is 42.2 Å². The topological polar surface area (TPSA) is 88.4 Å². The second-order valence-electron chi connectivity index (χ2n) is 9.73. The average Bonchev–Trinajstić information content (AvgIpc) is 3.24. The lowest BCUT2D eigenvalue weighted by Crippen LogP contribution is -2.37. The van der Waals surface area contributed by atoms with E-state index in [9.17, 15) is 9.59 Å². The summed E-state index contributed by atoms with van der Waals surface area (Å²) in [5, 5.41) is 3.38. The van der Waals surface area contributed by atoms with Crippen molar-refractivity contribution in [3.05, 3.63) is 74.5 Å². The fourth-order valence-electron chi connectivity index (χ4n) is 4.77. The van der Waals surface area contributed by atoms with Crippen molar-refractivity contribution in [2.24, 2.45) is 0 Å². The smallest absolute Gasteiger partial charge is 0.267 e. The van der Waals surface area contributed by atoms with Crippen molar-refractivity contribution >= 4 is 51.7 Å². The van der Waals surface area contributed by atoms with Gasteiger partial charge in [0, 0.05) is 32.4 Å². The number of carbonyl (C=O) groups excluding carboxylic acids is 1. The lowest BCUT2D eigenvalue weighted by molar-refractivity contribution is -0.122. The number of thioether (sulfide) groups is 1.